The SMILES string of the molecule is CC(C)CC(CN)Cc1nc(-c2cncc(Br)c2)no1. The topological polar surface area (TPSA) is 77.8 Å². The van der Waals surface area contributed by atoms with Gasteiger partial charge in [-0.1, -0.05) is 19.0 Å². The Morgan fingerprint density at radius 1 is 1.35 bits per heavy atom. The first-order chi connectivity index (χ1) is 9.58. The van der Waals surface area contributed by atoms with E-state index in [1.807, 2.05) is 6.07 Å². The van der Waals surface area contributed by atoms with E-state index in [1.54, 1.807) is 12.4 Å². The molecule has 20 heavy (non-hydrogen) atoms. The molecule has 0 saturated heterocycles. The molecule has 1 atom stereocenters. The van der Waals surface area contributed by atoms with Crippen LogP contribution in [0.4, 0.5) is 0 Å². The van der Waals surface area contributed by atoms with Gasteiger partial charge in [0.1, 0.15) is 0 Å². The summed E-state index contributed by atoms with van der Waals surface area (Å²) in [5.74, 6) is 2.19. The maximum atomic E-state index is 5.80. The zero-order chi connectivity index (χ0) is 14.5. The van der Waals surface area contributed by atoms with Gasteiger partial charge in [0, 0.05) is 28.9 Å². The van der Waals surface area contributed by atoms with E-state index in [0.717, 1.165) is 22.9 Å². The first-order valence-electron chi connectivity index (χ1n) is 6.72. The molecule has 2 N–H and O–H groups in total. The van der Waals surface area contributed by atoms with E-state index in [-0.39, 0.29) is 0 Å². The first kappa shape index (κ1) is 15.1. The van der Waals surface area contributed by atoms with Crippen LogP contribution in [0.25, 0.3) is 11.4 Å². The summed E-state index contributed by atoms with van der Waals surface area (Å²) in [6.07, 6.45) is 5.22. The number of aromatic nitrogens is 3. The van der Waals surface area contributed by atoms with E-state index >= 15 is 0 Å². The summed E-state index contributed by atoms with van der Waals surface area (Å²) in [6.45, 7) is 5.01. The number of rotatable bonds is 6. The van der Waals surface area contributed by atoms with Crippen LogP contribution in [-0.2, 0) is 6.42 Å². The summed E-state index contributed by atoms with van der Waals surface area (Å²) in [6, 6.07) is 1.91. The highest BCUT2D eigenvalue weighted by molar-refractivity contribution is 9.10. The van der Waals surface area contributed by atoms with Crippen molar-refractivity contribution in [3.8, 4) is 11.4 Å². The molecule has 2 aromatic heterocycles. The number of pyridine rings is 1. The van der Waals surface area contributed by atoms with Crippen LogP contribution < -0.4 is 5.73 Å². The van der Waals surface area contributed by atoms with Gasteiger partial charge >= 0.3 is 0 Å². The molecule has 2 heterocycles. The minimum absolute atomic E-state index is 0.379. The minimum Gasteiger partial charge on any atom is -0.339 e. The summed E-state index contributed by atoms with van der Waals surface area (Å²) >= 11 is 3.38. The van der Waals surface area contributed by atoms with Gasteiger partial charge in [0.2, 0.25) is 11.7 Å². The van der Waals surface area contributed by atoms with Gasteiger partial charge in [-0.05, 0) is 46.8 Å². The number of hydrogen-bond acceptors (Lipinski definition) is 5. The molecule has 0 saturated carbocycles. The van der Waals surface area contributed by atoms with E-state index in [4.69, 9.17) is 10.3 Å². The fraction of sp³-hybridized carbons (Fsp3) is 0.500. The standard InChI is InChI=1S/C14H19BrN4O/c1-9(2)3-10(6-16)4-13-18-14(19-20-13)11-5-12(15)8-17-7-11/h5,7-10H,3-4,6,16H2,1-2H3. The van der Waals surface area contributed by atoms with Crippen LogP contribution in [0.5, 0.6) is 0 Å². The third-order valence-electron chi connectivity index (χ3n) is 3.03. The molecule has 0 aromatic carbocycles. The molecule has 0 aliphatic carbocycles. The molecule has 2 rings (SSSR count). The van der Waals surface area contributed by atoms with E-state index in [2.05, 4.69) is 44.9 Å². The van der Waals surface area contributed by atoms with Crippen molar-refractivity contribution in [2.45, 2.75) is 26.7 Å². The van der Waals surface area contributed by atoms with E-state index in [0.29, 0.717) is 30.1 Å². The molecule has 0 amide bonds. The van der Waals surface area contributed by atoms with Crippen molar-refractivity contribution in [2.24, 2.45) is 17.6 Å². The lowest BCUT2D eigenvalue weighted by molar-refractivity contribution is 0.332. The Bertz CT molecular complexity index is 556. The zero-order valence-electron chi connectivity index (χ0n) is 11.7. The summed E-state index contributed by atoms with van der Waals surface area (Å²) in [4.78, 5) is 8.52. The highest BCUT2D eigenvalue weighted by Gasteiger charge is 2.15. The Hall–Kier alpha value is -1.27. The fourth-order valence-corrected chi connectivity index (χ4v) is 2.53. The Morgan fingerprint density at radius 2 is 2.15 bits per heavy atom. The van der Waals surface area contributed by atoms with Crippen LogP contribution in [0.3, 0.4) is 0 Å². The second-order valence-corrected chi connectivity index (χ2v) is 6.25. The maximum absolute atomic E-state index is 5.80. The van der Waals surface area contributed by atoms with E-state index < -0.39 is 0 Å². The molecule has 0 aliphatic heterocycles. The highest BCUT2D eigenvalue weighted by atomic mass is 79.9. The van der Waals surface area contributed by atoms with Gasteiger partial charge in [0.25, 0.3) is 0 Å². The lowest BCUT2D eigenvalue weighted by Gasteiger charge is -2.14. The molecule has 6 heteroatoms. The molecule has 0 bridgehead atoms. The van der Waals surface area contributed by atoms with Crippen molar-refractivity contribution in [1.82, 2.24) is 15.1 Å². The minimum atomic E-state index is 0.379. The average Bonchev–Trinajstić information content (AvgIpc) is 2.86. The van der Waals surface area contributed by atoms with Crippen LogP contribution in [0.15, 0.2) is 27.5 Å². The summed E-state index contributed by atoms with van der Waals surface area (Å²) in [5, 5.41) is 4.01. The molecular weight excluding hydrogens is 320 g/mol. The van der Waals surface area contributed by atoms with Crippen molar-refractivity contribution < 1.29 is 4.52 Å². The quantitative estimate of drug-likeness (QED) is 0.875. The highest BCUT2D eigenvalue weighted by Crippen LogP contribution is 2.21. The normalized spacial score (nSPS) is 12.8. The monoisotopic (exact) mass is 338 g/mol. The molecule has 1 unspecified atom stereocenters. The van der Waals surface area contributed by atoms with Gasteiger partial charge in [-0.3, -0.25) is 4.98 Å². The molecule has 5 nitrogen and oxygen atoms in total. The van der Waals surface area contributed by atoms with Crippen LogP contribution in [0.1, 0.15) is 26.2 Å². The smallest absolute Gasteiger partial charge is 0.227 e. The van der Waals surface area contributed by atoms with Crippen molar-refractivity contribution in [1.29, 1.82) is 0 Å². The lowest BCUT2D eigenvalue weighted by Crippen LogP contribution is -2.19. The van der Waals surface area contributed by atoms with Crippen LogP contribution in [0.2, 0.25) is 0 Å². The summed E-state index contributed by atoms with van der Waals surface area (Å²) < 4.78 is 6.20. The van der Waals surface area contributed by atoms with Gasteiger partial charge in [-0.2, -0.15) is 4.98 Å². The molecule has 0 fully saturated rings. The predicted molar refractivity (Wildman–Crippen MR) is 80.9 cm³/mol. The van der Waals surface area contributed by atoms with E-state index in [9.17, 15) is 0 Å². The number of nitrogens with zero attached hydrogens (tertiary/aromatic N) is 3. The molecule has 108 valence electrons. The zero-order valence-corrected chi connectivity index (χ0v) is 13.3. The van der Waals surface area contributed by atoms with Crippen molar-refractivity contribution in [3.05, 3.63) is 28.8 Å². The van der Waals surface area contributed by atoms with Gasteiger partial charge in [-0.15, -0.1) is 0 Å². The molecule has 0 aliphatic rings. The van der Waals surface area contributed by atoms with Crippen LogP contribution in [0, 0.1) is 11.8 Å². The van der Waals surface area contributed by atoms with Gasteiger partial charge in [0.15, 0.2) is 0 Å². The number of nitrogens with two attached hydrogens (primary N) is 1. The number of halogens is 1. The molecular formula is C14H19BrN4O. The van der Waals surface area contributed by atoms with Crippen molar-refractivity contribution >= 4 is 15.9 Å². The summed E-state index contributed by atoms with van der Waals surface area (Å²) in [5.41, 5.74) is 6.64. The first-order valence-corrected chi connectivity index (χ1v) is 7.51. The Balaban J connectivity index is 2.09. The van der Waals surface area contributed by atoms with Gasteiger partial charge in [0.05, 0.1) is 0 Å². The molecule has 0 spiro atoms. The second kappa shape index (κ2) is 6.95. The van der Waals surface area contributed by atoms with E-state index in [1.165, 1.54) is 0 Å². The summed E-state index contributed by atoms with van der Waals surface area (Å²) in [7, 11) is 0. The van der Waals surface area contributed by atoms with Crippen LogP contribution >= 0.6 is 15.9 Å². The Labute approximate surface area is 127 Å². The third-order valence-corrected chi connectivity index (χ3v) is 3.47. The largest absolute Gasteiger partial charge is 0.339 e. The maximum Gasteiger partial charge on any atom is 0.227 e. The second-order valence-electron chi connectivity index (χ2n) is 5.34. The molecule has 2 aromatic rings. The predicted octanol–water partition coefficient (Wildman–Crippen LogP) is 3.06. The fourth-order valence-electron chi connectivity index (χ4n) is 2.17. The number of hydrogen-bond donors (Lipinski definition) is 1. The van der Waals surface area contributed by atoms with Crippen LogP contribution in [-0.4, -0.2) is 21.7 Å². The molecule has 0 radical (unpaired) electrons. The van der Waals surface area contributed by atoms with Gasteiger partial charge < -0.3 is 10.3 Å². The van der Waals surface area contributed by atoms with Crippen molar-refractivity contribution in [3.63, 3.8) is 0 Å². The van der Waals surface area contributed by atoms with Crippen molar-refractivity contribution in [2.75, 3.05) is 6.54 Å². The lowest BCUT2D eigenvalue weighted by atomic mass is 9.94. The Kier molecular flexibility index (Phi) is 5.25. The average molecular weight is 339 g/mol. The Morgan fingerprint density at radius 3 is 2.80 bits per heavy atom. The van der Waals surface area contributed by atoms with Gasteiger partial charge in [-0.25, -0.2) is 0 Å². The third kappa shape index (κ3) is 4.11.